The van der Waals surface area contributed by atoms with Gasteiger partial charge in [0.05, 0.1) is 12.6 Å². The van der Waals surface area contributed by atoms with E-state index in [2.05, 4.69) is 16.0 Å². The summed E-state index contributed by atoms with van der Waals surface area (Å²) in [5.41, 5.74) is 4.80. The predicted molar refractivity (Wildman–Crippen MR) is 112 cm³/mol. The molecule has 7 nitrogen and oxygen atoms in total. The van der Waals surface area contributed by atoms with E-state index in [4.69, 9.17) is 9.47 Å². The molecule has 3 rings (SSSR count). The van der Waals surface area contributed by atoms with Crippen LogP contribution in [0.15, 0.2) is 30.3 Å². The Labute approximate surface area is 170 Å². The number of hydrogen-bond acceptors (Lipinski definition) is 4. The first-order chi connectivity index (χ1) is 13.8. The first-order valence-electron chi connectivity index (χ1n) is 9.65. The topological polar surface area (TPSA) is 88.7 Å². The Kier molecular flexibility index (Phi) is 6.26. The van der Waals surface area contributed by atoms with E-state index in [-0.39, 0.29) is 18.5 Å². The summed E-state index contributed by atoms with van der Waals surface area (Å²) >= 11 is 0. The molecule has 1 heterocycles. The number of rotatable bonds is 5. The van der Waals surface area contributed by atoms with Crippen molar-refractivity contribution >= 4 is 17.6 Å². The third-order valence-corrected chi connectivity index (χ3v) is 4.76. The monoisotopic (exact) mass is 397 g/mol. The first kappa shape index (κ1) is 20.5. The SMILES string of the molecule is Cc1cc(C)c(NC(=O)CNC(=O)NC(C)c2ccc3c(c2)OCCO3)c(C)c1. The second-order valence-corrected chi connectivity index (χ2v) is 7.27. The van der Waals surface area contributed by atoms with Crippen molar-refractivity contribution in [2.75, 3.05) is 25.1 Å². The van der Waals surface area contributed by atoms with Crippen molar-refractivity contribution in [3.8, 4) is 11.5 Å². The Morgan fingerprint density at radius 2 is 1.66 bits per heavy atom. The van der Waals surface area contributed by atoms with E-state index >= 15 is 0 Å². The van der Waals surface area contributed by atoms with Gasteiger partial charge in [-0.05, 0) is 56.5 Å². The van der Waals surface area contributed by atoms with Gasteiger partial charge in [0.15, 0.2) is 11.5 Å². The molecule has 154 valence electrons. The molecule has 0 saturated carbocycles. The van der Waals surface area contributed by atoms with Crippen LogP contribution >= 0.6 is 0 Å². The van der Waals surface area contributed by atoms with Gasteiger partial charge in [-0.3, -0.25) is 4.79 Å². The minimum atomic E-state index is -0.417. The Bertz CT molecular complexity index is 903. The molecule has 3 N–H and O–H groups in total. The third kappa shape index (κ3) is 5.19. The molecule has 1 aliphatic heterocycles. The van der Waals surface area contributed by atoms with Crippen LogP contribution in [-0.4, -0.2) is 31.7 Å². The summed E-state index contributed by atoms with van der Waals surface area (Å²) in [7, 11) is 0. The van der Waals surface area contributed by atoms with Crippen molar-refractivity contribution in [3.05, 3.63) is 52.6 Å². The molecular weight excluding hydrogens is 370 g/mol. The molecule has 0 aliphatic carbocycles. The molecule has 7 heteroatoms. The summed E-state index contributed by atoms with van der Waals surface area (Å²) in [5.74, 6) is 1.10. The molecule has 29 heavy (non-hydrogen) atoms. The van der Waals surface area contributed by atoms with Crippen LogP contribution in [0.5, 0.6) is 11.5 Å². The Morgan fingerprint density at radius 3 is 2.34 bits per heavy atom. The molecule has 0 aromatic heterocycles. The van der Waals surface area contributed by atoms with Crippen molar-refractivity contribution in [1.29, 1.82) is 0 Å². The van der Waals surface area contributed by atoms with Gasteiger partial charge in [0.25, 0.3) is 0 Å². The quantitative estimate of drug-likeness (QED) is 0.722. The van der Waals surface area contributed by atoms with Gasteiger partial charge in [0, 0.05) is 5.69 Å². The predicted octanol–water partition coefficient (Wildman–Crippen LogP) is 3.38. The van der Waals surface area contributed by atoms with E-state index in [0.29, 0.717) is 24.7 Å². The molecule has 0 radical (unpaired) electrons. The van der Waals surface area contributed by atoms with Crippen molar-refractivity contribution in [3.63, 3.8) is 0 Å². The summed E-state index contributed by atoms with van der Waals surface area (Å²) in [6.07, 6.45) is 0. The Morgan fingerprint density at radius 1 is 1.00 bits per heavy atom. The van der Waals surface area contributed by atoms with Crippen LogP contribution in [0.2, 0.25) is 0 Å². The van der Waals surface area contributed by atoms with Gasteiger partial charge in [0.2, 0.25) is 5.91 Å². The maximum Gasteiger partial charge on any atom is 0.315 e. The normalized spacial score (nSPS) is 13.4. The van der Waals surface area contributed by atoms with Gasteiger partial charge in [-0.15, -0.1) is 0 Å². The summed E-state index contributed by atoms with van der Waals surface area (Å²) in [6, 6.07) is 8.92. The summed E-state index contributed by atoms with van der Waals surface area (Å²) in [5, 5.41) is 8.29. The highest BCUT2D eigenvalue weighted by Gasteiger charge is 2.16. The zero-order chi connectivity index (χ0) is 21.0. The van der Waals surface area contributed by atoms with Gasteiger partial charge in [-0.1, -0.05) is 23.8 Å². The zero-order valence-corrected chi connectivity index (χ0v) is 17.2. The first-order valence-corrected chi connectivity index (χ1v) is 9.65. The minimum absolute atomic E-state index is 0.119. The molecule has 1 aliphatic rings. The molecule has 1 unspecified atom stereocenters. The second kappa shape index (κ2) is 8.86. The molecular formula is C22H27N3O4. The van der Waals surface area contributed by atoms with Crippen LogP contribution < -0.4 is 25.4 Å². The molecule has 0 spiro atoms. The molecule has 1 atom stereocenters. The molecule has 3 amide bonds. The molecule has 0 saturated heterocycles. The number of benzene rings is 2. The lowest BCUT2D eigenvalue weighted by atomic mass is 10.1. The van der Waals surface area contributed by atoms with Crippen LogP contribution in [0.4, 0.5) is 10.5 Å². The lowest BCUT2D eigenvalue weighted by molar-refractivity contribution is -0.115. The van der Waals surface area contributed by atoms with E-state index < -0.39 is 6.03 Å². The smallest absolute Gasteiger partial charge is 0.315 e. The van der Waals surface area contributed by atoms with Crippen LogP contribution in [0.25, 0.3) is 0 Å². The number of aryl methyl sites for hydroxylation is 3. The standard InChI is InChI=1S/C22H27N3O4/c1-13-9-14(2)21(15(3)10-13)25-20(26)12-23-22(27)24-16(4)17-5-6-18-19(11-17)29-8-7-28-18/h5-6,9-11,16H,7-8,12H2,1-4H3,(H,25,26)(H2,23,24,27). The zero-order valence-electron chi connectivity index (χ0n) is 17.2. The molecule has 2 aromatic carbocycles. The largest absolute Gasteiger partial charge is 0.486 e. The Hall–Kier alpha value is -3.22. The maximum absolute atomic E-state index is 12.2. The third-order valence-electron chi connectivity index (χ3n) is 4.76. The van der Waals surface area contributed by atoms with Crippen LogP contribution in [0.1, 0.15) is 35.2 Å². The number of nitrogens with one attached hydrogen (secondary N) is 3. The number of carbonyl (C=O) groups is 2. The second-order valence-electron chi connectivity index (χ2n) is 7.27. The lowest BCUT2D eigenvalue weighted by Crippen LogP contribution is -2.41. The minimum Gasteiger partial charge on any atom is -0.486 e. The summed E-state index contributed by atoms with van der Waals surface area (Å²) in [4.78, 5) is 24.4. The van der Waals surface area contributed by atoms with Crippen molar-refractivity contribution in [2.24, 2.45) is 0 Å². The van der Waals surface area contributed by atoms with Crippen molar-refractivity contribution in [2.45, 2.75) is 33.7 Å². The van der Waals surface area contributed by atoms with Gasteiger partial charge in [-0.25, -0.2) is 4.79 Å². The highest BCUT2D eigenvalue weighted by molar-refractivity contribution is 5.95. The van der Waals surface area contributed by atoms with Gasteiger partial charge >= 0.3 is 6.03 Å². The average Bonchev–Trinajstić information content (AvgIpc) is 2.68. The highest BCUT2D eigenvalue weighted by atomic mass is 16.6. The summed E-state index contributed by atoms with van der Waals surface area (Å²) in [6.45, 7) is 8.70. The molecule has 2 aromatic rings. The lowest BCUT2D eigenvalue weighted by Gasteiger charge is -2.21. The van der Waals surface area contributed by atoms with Gasteiger partial charge < -0.3 is 25.4 Å². The van der Waals surface area contributed by atoms with Crippen LogP contribution in [0.3, 0.4) is 0 Å². The van der Waals surface area contributed by atoms with Crippen molar-refractivity contribution < 1.29 is 19.1 Å². The van der Waals surface area contributed by atoms with Crippen LogP contribution in [0, 0.1) is 20.8 Å². The number of hydrogen-bond donors (Lipinski definition) is 3. The van der Waals surface area contributed by atoms with E-state index in [0.717, 1.165) is 27.9 Å². The number of amides is 3. The highest BCUT2D eigenvalue weighted by Crippen LogP contribution is 2.32. The molecule has 0 fully saturated rings. The summed E-state index contributed by atoms with van der Waals surface area (Å²) < 4.78 is 11.1. The van der Waals surface area contributed by atoms with E-state index in [1.807, 2.05) is 58.0 Å². The number of urea groups is 1. The number of anilines is 1. The average molecular weight is 397 g/mol. The van der Waals surface area contributed by atoms with E-state index in [1.54, 1.807) is 0 Å². The van der Waals surface area contributed by atoms with Gasteiger partial charge in [-0.2, -0.15) is 0 Å². The fraction of sp³-hybridized carbons (Fsp3) is 0.364. The van der Waals surface area contributed by atoms with Crippen molar-refractivity contribution in [1.82, 2.24) is 10.6 Å². The molecule has 0 bridgehead atoms. The maximum atomic E-state index is 12.2. The number of carbonyl (C=O) groups excluding carboxylic acids is 2. The number of fused-ring (bicyclic) bond motifs is 1. The fourth-order valence-electron chi connectivity index (χ4n) is 3.38. The number of ether oxygens (including phenoxy) is 2. The van der Waals surface area contributed by atoms with E-state index in [1.165, 1.54) is 0 Å². The Balaban J connectivity index is 1.51. The van der Waals surface area contributed by atoms with Crippen LogP contribution in [-0.2, 0) is 4.79 Å². The fourth-order valence-corrected chi connectivity index (χ4v) is 3.38. The van der Waals surface area contributed by atoms with Gasteiger partial charge in [0.1, 0.15) is 13.2 Å². The van der Waals surface area contributed by atoms with E-state index in [9.17, 15) is 9.59 Å².